The van der Waals surface area contributed by atoms with Crippen LogP contribution in [-0.2, 0) is 16.1 Å². The van der Waals surface area contributed by atoms with Gasteiger partial charge in [0.1, 0.15) is 0 Å². The van der Waals surface area contributed by atoms with E-state index in [9.17, 15) is 4.79 Å². The minimum Gasteiger partial charge on any atom is -0.481 e. The lowest BCUT2D eigenvalue weighted by Gasteiger charge is -2.31. The van der Waals surface area contributed by atoms with E-state index in [4.69, 9.17) is 14.2 Å². The summed E-state index contributed by atoms with van der Waals surface area (Å²) in [5.74, 6) is 1.54. The van der Waals surface area contributed by atoms with Crippen molar-refractivity contribution in [3.05, 3.63) is 22.7 Å². The molecule has 0 bridgehead atoms. The number of hydrogen-bond acceptors (Lipinski definition) is 9. The van der Waals surface area contributed by atoms with Crippen LogP contribution in [0.25, 0.3) is 0 Å². The molecule has 2 saturated heterocycles. The molecule has 1 unspecified atom stereocenters. The zero-order chi connectivity index (χ0) is 19.6. The number of nitrogens with zero attached hydrogens (tertiary/aromatic N) is 5. The average Bonchev–Trinajstić information content (AvgIpc) is 3.26. The van der Waals surface area contributed by atoms with Crippen LogP contribution in [0, 0.1) is 5.41 Å². The Labute approximate surface area is 167 Å². The third-order valence-corrected chi connectivity index (χ3v) is 5.81. The number of amides is 1. The number of carbonyl (C=O) groups is 1. The highest BCUT2D eigenvalue weighted by atomic mass is 32.1. The van der Waals surface area contributed by atoms with Crippen LogP contribution in [0.3, 0.4) is 0 Å². The number of hydrogen-bond donors (Lipinski definition) is 0. The van der Waals surface area contributed by atoms with Gasteiger partial charge in [0.2, 0.25) is 23.6 Å². The van der Waals surface area contributed by atoms with Gasteiger partial charge in [0.15, 0.2) is 0 Å². The number of carbonyl (C=O) groups excluding carboxylic acids is 1. The number of thiazole rings is 1. The predicted octanol–water partition coefficient (Wildman–Crippen LogP) is 1.21. The summed E-state index contributed by atoms with van der Waals surface area (Å²) in [6.45, 7) is 3.59. The second-order valence-electron chi connectivity index (χ2n) is 7.12. The summed E-state index contributed by atoms with van der Waals surface area (Å²) in [4.78, 5) is 30.8. The van der Waals surface area contributed by atoms with Gasteiger partial charge in [-0.2, -0.15) is 9.97 Å². The van der Waals surface area contributed by atoms with Crippen LogP contribution < -0.4 is 14.4 Å². The van der Waals surface area contributed by atoms with E-state index in [2.05, 4.69) is 19.9 Å². The van der Waals surface area contributed by atoms with Gasteiger partial charge < -0.3 is 24.0 Å². The molecule has 2 aromatic heterocycles. The lowest BCUT2D eigenvalue weighted by atomic mass is 9.87. The lowest BCUT2D eigenvalue weighted by molar-refractivity contribution is -0.128. The normalized spacial score (nSPS) is 22.6. The average molecular weight is 405 g/mol. The first kappa shape index (κ1) is 18.9. The molecule has 10 heteroatoms. The van der Waals surface area contributed by atoms with E-state index < -0.39 is 0 Å². The fourth-order valence-corrected chi connectivity index (χ4v) is 4.35. The van der Waals surface area contributed by atoms with E-state index in [1.807, 2.05) is 11.1 Å². The zero-order valence-electron chi connectivity index (χ0n) is 16.0. The highest BCUT2D eigenvalue weighted by molar-refractivity contribution is 7.09. The summed E-state index contributed by atoms with van der Waals surface area (Å²) < 4.78 is 16.4. The van der Waals surface area contributed by atoms with Crippen LogP contribution >= 0.6 is 11.3 Å². The maximum Gasteiger partial charge on any atom is 0.232 e. The van der Waals surface area contributed by atoms with Crippen LogP contribution in [-0.4, -0.2) is 72.8 Å². The zero-order valence-corrected chi connectivity index (χ0v) is 16.8. The molecule has 2 fully saturated rings. The Morgan fingerprint density at radius 2 is 2.04 bits per heavy atom. The molecule has 28 heavy (non-hydrogen) atoms. The maximum atomic E-state index is 12.7. The van der Waals surface area contributed by atoms with Crippen LogP contribution in [0.15, 0.2) is 17.8 Å². The molecule has 0 saturated carbocycles. The van der Waals surface area contributed by atoms with Crippen molar-refractivity contribution < 1.29 is 19.0 Å². The van der Waals surface area contributed by atoms with Crippen molar-refractivity contribution in [2.24, 2.45) is 5.41 Å². The summed E-state index contributed by atoms with van der Waals surface area (Å²) in [5.41, 5.74) is 1.49. The quantitative estimate of drug-likeness (QED) is 0.733. The van der Waals surface area contributed by atoms with Gasteiger partial charge in [-0.05, 0) is 0 Å². The van der Waals surface area contributed by atoms with Crippen molar-refractivity contribution in [1.29, 1.82) is 0 Å². The smallest absolute Gasteiger partial charge is 0.232 e. The molecule has 2 aliphatic heterocycles. The van der Waals surface area contributed by atoms with Gasteiger partial charge in [-0.3, -0.25) is 9.78 Å². The minimum absolute atomic E-state index is 0.142. The SMILES string of the molecule is COc1cc(OC)nc(N2CCOCC3(CC(=O)N(Cc4cncs4)C3)C2)n1. The summed E-state index contributed by atoms with van der Waals surface area (Å²) in [7, 11) is 3.12. The molecule has 4 rings (SSSR count). The van der Waals surface area contributed by atoms with Crippen molar-refractivity contribution in [2.45, 2.75) is 13.0 Å². The Kier molecular flexibility index (Phi) is 5.31. The van der Waals surface area contributed by atoms with Gasteiger partial charge in [-0.25, -0.2) is 0 Å². The van der Waals surface area contributed by atoms with Crippen LogP contribution in [0.2, 0.25) is 0 Å². The molecule has 0 radical (unpaired) electrons. The van der Waals surface area contributed by atoms with Gasteiger partial charge in [-0.1, -0.05) is 0 Å². The van der Waals surface area contributed by atoms with Gasteiger partial charge in [0.05, 0.1) is 45.6 Å². The molecule has 9 nitrogen and oxygen atoms in total. The second kappa shape index (κ2) is 7.88. The molecule has 1 spiro atoms. The first-order valence-corrected chi connectivity index (χ1v) is 9.94. The molecule has 2 aromatic rings. The summed E-state index contributed by atoms with van der Waals surface area (Å²) in [6, 6.07) is 1.64. The van der Waals surface area contributed by atoms with Gasteiger partial charge in [-0.15, -0.1) is 11.3 Å². The van der Waals surface area contributed by atoms with Crippen LogP contribution in [0.1, 0.15) is 11.3 Å². The van der Waals surface area contributed by atoms with Crippen molar-refractivity contribution >= 4 is 23.2 Å². The molecule has 150 valence electrons. The number of ether oxygens (including phenoxy) is 3. The van der Waals surface area contributed by atoms with Crippen molar-refractivity contribution in [2.75, 3.05) is 52.0 Å². The number of methoxy groups -OCH3 is 2. The van der Waals surface area contributed by atoms with Crippen LogP contribution in [0.5, 0.6) is 11.8 Å². The molecule has 2 aliphatic rings. The van der Waals surface area contributed by atoms with E-state index in [0.29, 0.717) is 63.5 Å². The van der Waals surface area contributed by atoms with Gasteiger partial charge in [0, 0.05) is 42.5 Å². The Bertz CT molecular complexity index is 811. The molecular weight excluding hydrogens is 382 g/mol. The molecule has 1 atom stereocenters. The molecule has 4 heterocycles. The third kappa shape index (κ3) is 3.88. The van der Waals surface area contributed by atoms with E-state index in [1.165, 1.54) is 0 Å². The first-order valence-electron chi connectivity index (χ1n) is 9.06. The Morgan fingerprint density at radius 1 is 1.25 bits per heavy atom. The van der Waals surface area contributed by atoms with Crippen LogP contribution in [0.4, 0.5) is 5.95 Å². The largest absolute Gasteiger partial charge is 0.481 e. The van der Waals surface area contributed by atoms with E-state index >= 15 is 0 Å². The Balaban J connectivity index is 1.55. The first-order chi connectivity index (χ1) is 13.6. The fourth-order valence-electron chi connectivity index (χ4n) is 3.74. The topological polar surface area (TPSA) is 89.9 Å². The predicted molar refractivity (Wildman–Crippen MR) is 103 cm³/mol. The number of likely N-dealkylation sites (tertiary alicyclic amines) is 1. The second-order valence-corrected chi connectivity index (χ2v) is 8.09. The maximum absolute atomic E-state index is 12.7. The van der Waals surface area contributed by atoms with E-state index in [1.54, 1.807) is 37.1 Å². The lowest BCUT2D eigenvalue weighted by Crippen LogP contribution is -2.41. The molecule has 0 aromatic carbocycles. The number of anilines is 1. The number of aromatic nitrogens is 3. The highest BCUT2D eigenvalue weighted by Gasteiger charge is 2.46. The molecule has 1 amide bonds. The van der Waals surface area contributed by atoms with Crippen molar-refractivity contribution in [1.82, 2.24) is 19.9 Å². The fraction of sp³-hybridized carbons (Fsp3) is 0.556. The Hall–Kier alpha value is -2.46. The van der Waals surface area contributed by atoms with Gasteiger partial charge in [0.25, 0.3) is 0 Å². The summed E-state index contributed by atoms with van der Waals surface area (Å²) in [5, 5.41) is 0. The minimum atomic E-state index is -0.294. The van der Waals surface area contributed by atoms with E-state index in [-0.39, 0.29) is 11.3 Å². The molecular formula is C18H23N5O4S. The Morgan fingerprint density at radius 3 is 2.71 bits per heavy atom. The van der Waals surface area contributed by atoms with E-state index in [0.717, 1.165) is 4.88 Å². The standard InChI is InChI=1S/C18H23N5O4S/c1-25-14-5-15(26-2)21-17(20-14)22-3-4-27-11-18(9-22)6-16(24)23(10-18)8-13-7-19-12-28-13/h5,7,12H,3-4,6,8-11H2,1-2H3. The highest BCUT2D eigenvalue weighted by Crippen LogP contribution is 2.36. The monoisotopic (exact) mass is 405 g/mol. The van der Waals surface area contributed by atoms with Crippen molar-refractivity contribution in [3.63, 3.8) is 0 Å². The molecule has 0 aliphatic carbocycles. The summed E-state index contributed by atoms with van der Waals surface area (Å²) in [6.07, 6.45) is 2.26. The molecule has 0 N–H and O–H groups in total. The van der Waals surface area contributed by atoms with Gasteiger partial charge >= 0.3 is 0 Å². The van der Waals surface area contributed by atoms with Crippen molar-refractivity contribution in [3.8, 4) is 11.8 Å². The third-order valence-electron chi connectivity index (χ3n) is 5.04. The number of rotatable bonds is 5. The summed E-state index contributed by atoms with van der Waals surface area (Å²) >= 11 is 1.56.